The van der Waals surface area contributed by atoms with E-state index < -0.39 is 0 Å². The van der Waals surface area contributed by atoms with E-state index in [2.05, 4.69) is 11.6 Å². The Morgan fingerprint density at radius 2 is 2.26 bits per heavy atom. The van der Waals surface area contributed by atoms with Gasteiger partial charge in [0.1, 0.15) is 12.4 Å². The molecular weight excluding hydrogens is 264 g/mol. The monoisotopic (exact) mass is 276 g/mol. The molecule has 2 aromatic rings. The quantitative estimate of drug-likeness (QED) is 0.789. The Labute approximate surface area is 115 Å². The average Bonchev–Trinajstić information content (AvgIpc) is 2.41. The molecule has 0 bridgehead atoms. The number of pyridine rings is 2. The molecule has 2 heterocycles. The third kappa shape index (κ3) is 3.69. The van der Waals surface area contributed by atoms with Crippen molar-refractivity contribution in [2.75, 3.05) is 0 Å². The Bertz CT molecular complexity index is 620. The van der Waals surface area contributed by atoms with Gasteiger partial charge in [-0.15, -0.1) is 6.58 Å². The van der Waals surface area contributed by atoms with Gasteiger partial charge in [-0.05, 0) is 18.2 Å². The van der Waals surface area contributed by atoms with E-state index >= 15 is 0 Å². The molecule has 0 aromatic carbocycles. The SMILES string of the molecule is C=CCn1ccc(OCc2ccc(Cl)cn2)cc1=O. The third-order valence-corrected chi connectivity index (χ3v) is 2.69. The number of hydrogen-bond donors (Lipinski definition) is 0. The summed E-state index contributed by atoms with van der Waals surface area (Å²) in [6.07, 6.45) is 4.90. The molecule has 19 heavy (non-hydrogen) atoms. The van der Waals surface area contributed by atoms with Crippen molar-refractivity contribution in [2.45, 2.75) is 13.2 Å². The third-order valence-electron chi connectivity index (χ3n) is 2.47. The fourth-order valence-corrected chi connectivity index (χ4v) is 1.63. The van der Waals surface area contributed by atoms with Crippen LogP contribution in [-0.2, 0) is 13.2 Å². The maximum absolute atomic E-state index is 11.7. The van der Waals surface area contributed by atoms with Crippen LogP contribution in [0.5, 0.6) is 5.75 Å². The van der Waals surface area contributed by atoms with Gasteiger partial charge in [0, 0.05) is 25.0 Å². The Morgan fingerprint density at radius 1 is 1.42 bits per heavy atom. The first-order valence-corrected chi connectivity index (χ1v) is 6.11. The van der Waals surface area contributed by atoms with Crippen molar-refractivity contribution >= 4 is 11.6 Å². The topological polar surface area (TPSA) is 44.1 Å². The molecule has 4 nitrogen and oxygen atoms in total. The maximum atomic E-state index is 11.7. The molecule has 0 fully saturated rings. The summed E-state index contributed by atoms with van der Waals surface area (Å²) < 4.78 is 7.04. The molecule has 0 amide bonds. The zero-order valence-electron chi connectivity index (χ0n) is 10.3. The molecular formula is C14H13ClN2O2. The lowest BCUT2D eigenvalue weighted by molar-refractivity contribution is 0.300. The molecule has 2 aromatic heterocycles. The molecule has 0 radical (unpaired) electrons. The lowest BCUT2D eigenvalue weighted by atomic mass is 10.3. The lowest BCUT2D eigenvalue weighted by Crippen LogP contribution is -2.17. The second kappa shape index (κ2) is 6.20. The van der Waals surface area contributed by atoms with Gasteiger partial charge in [-0.3, -0.25) is 9.78 Å². The van der Waals surface area contributed by atoms with Crippen molar-refractivity contribution in [3.63, 3.8) is 0 Å². The van der Waals surface area contributed by atoms with Gasteiger partial charge in [-0.2, -0.15) is 0 Å². The Hall–Kier alpha value is -2.07. The van der Waals surface area contributed by atoms with E-state index in [-0.39, 0.29) is 5.56 Å². The lowest BCUT2D eigenvalue weighted by Gasteiger charge is -2.07. The first kappa shape index (κ1) is 13.4. The molecule has 0 atom stereocenters. The molecule has 0 aliphatic rings. The van der Waals surface area contributed by atoms with Gasteiger partial charge in [0.25, 0.3) is 5.56 Å². The predicted molar refractivity (Wildman–Crippen MR) is 74.5 cm³/mol. The second-order valence-corrected chi connectivity index (χ2v) is 4.33. The highest BCUT2D eigenvalue weighted by atomic mass is 35.5. The van der Waals surface area contributed by atoms with E-state index in [1.165, 1.54) is 6.07 Å². The molecule has 0 saturated carbocycles. The summed E-state index contributed by atoms with van der Waals surface area (Å²) in [5.41, 5.74) is 0.626. The smallest absolute Gasteiger partial charge is 0.254 e. The second-order valence-electron chi connectivity index (χ2n) is 3.90. The summed E-state index contributed by atoms with van der Waals surface area (Å²) in [6, 6.07) is 6.71. The van der Waals surface area contributed by atoms with Crippen molar-refractivity contribution < 1.29 is 4.74 Å². The highest BCUT2D eigenvalue weighted by Crippen LogP contribution is 2.10. The Morgan fingerprint density at radius 3 is 2.89 bits per heavy atom. The van der Waals surface area contributed by atoms with Crippen LogP contribution in [0.15, 0.2) is 54.1 Å². The van der Waals surface area contributed by atoms with Gasteiger partial charge in [0.05, 0.1) is 10.7 Å². The number of nitrogens with zero attached hydrogens (tertiary/aromatic N) is 2. The normalized spacial score (nSPS) is 10.2. The first-order chi connectivity index (χ1) is 9.19. The minimum absolute atomic E-state index is 0.124. The summed E-state index contributed by atoms with van der Waals surface area (Å²) in [6.45, 7) is 4.37. The van der Waals surface area contributed by atoms with Crippen LogP contribution in [0.2, 0.25) is 5.02 Å². The van der Waals surface area contributed by atoms with Crippen LogP contribution < -0.4 is 10.3 Å². The van der Waals surface area contributed by atoms with Gasteiger partial charge in [-0.1, -0.05) is 17.7 Å². The molecule has 0 saturated heterocycles. The van der Waals surface area contributed by atoms with Crippen LogP contribution in [-0.4, -0.2) is 9.55 Å². The van der Waals surface area contributed by atoms with Gasteiger partial charge in [0.2, 0.25) is 0 Å². The van der Waals surface area contributed by atoms with E-state index in [4.69, 9.17) is 16.3 Å². The molecule has 0 unspecified atom stereocenters. The largest absolute Gasteiger partial charge is 0.487 e. The molecule has 0 spiro atoms. The van der Waals surface area contributed by atoms with Crippen molar-refractivity contribution in [3.05, 3.63) is 70.4 Å². The Balaban J connectivity index is 2.03. The first-order valence-electron chi connectivity index (χ1n) is 5.73. The minimum atomic E-state index is -0.124. The molecule has 0 aliphatic carbocycles. The summed E-state index contributed by atoms with van der Waals surface area (Å²) >= 11 is 5.74. The van der Waals surface area contributed by atoms with Gasteiger partial charge in [0.15, 0.2) is 0 Å². The van der Waals surface area contributed by atoms with Crippen molar-refractivity contribution in [3.8, 4) is 5.75 Å². The molecule has 0 N–H and O–H groups in total. The molecule has 0 aliphatic heterocycles. The number of hydrogen-bond acceptors (Lipinski definition) is 3. The van der Waals surface area contributed by atoms with Gasteiger partial charge in [-0.25, -0.2) is 0 Å². The maximum Gasteiger partial charge on any atom is 0.254 e. The average molecular weight is 277 g/mol. The number of ether oxygens (including phenoxy) is 1. The fourth-order valence-electron chi connectivity index (χ4n) is 1.52. The summed E-state index contributed by atoms with van der Waals surface area (Å²) in [5, 5.41) is 0.579. The minimum Gasteiger partial charge on any atom is -0.487 e. The van der Waals surface area contributed by atoms with Crippen LogP contribution >= 0.6 is 11.6 Å². The van der Waals surface area contributed by atoms with Gasteiger partial charge < -0.3 is 9.30 Å². The molecule has 2 rings (SSSR count). The zero-order valence-corrected chi connectivity index (χ0v) is 11.0. The highest BCUT2D eigenvalue weighted by molar-refractivity contribution is 6.30. The standard InChI is InChI=1S/C14H13ClN2O2/c1-2-6-17-7-5-13(8-14(17)18)19-10-12-4-3-11(15)9-16-12/h2-5,7-9H,1,6,10H2. The van der Waals surface area contributed by atoms with E-state index in [0.29, 0.717) is 23.9 Å². The van der Waals surface area contributed by atoms with E-state index in [0.717, 1.165) is 5.69 Å². The van der Waals surface area contributed by atoms with E-state index in [1.54, 1.807) is 41.2 Å². The number of aromatic nitrogens is 2. The van der Waals surface area contributed by atoms with Crippen molar-refractivity contribution in [1.29, 1.82) is 0 Å². The van der Waals surface area contributed by atoms with E-state index in [9.17, 15) is 4.79 Å². The molecule has 98 valence electrons. The fraction of sp³-hybridized carbons (Fsp3) is 0.143. The van der Waals surface area contributed by atoms with E-state index in [1.807, 2.05) is 0 Å². The van der Waals surface area contributed by atoms with Crippen molar-refractivity contribution in [2.24, 2.45) is 0 Å². The summed E-state index contributed by atoms with van der Waals surface area (Å²) in [5.74, 6) is 0.516. The predicted octanol–water partition coefficient (Wildman–Crippen LogP) is 2.66. The summed E-state index contributed by atoms with van der Waals surface area (Å²) in [7, 11) is 0. The Kier molecular flexibility index (Phi) is 4.36. The van der Waals surface area contributed by atoms with Crippen LogP contribution in [0.4, 0.5) is 0 Å². The van der Waals surface area contributed by atoms with Gasteiger partial charge >= 0.3 is 0 Å². The number of rotatable bonds is 5. The van der Waals surface area contributed by atoms with Crippen molar-refractivity contribution in [1.82, 2.24) is 9.55 Å². The van der Waals surface area contributed by atoms with Crippen LogP contribution in [0.3, 0.4) is 0 Å². The summed E-state index contributed by atoms with van der Waals surface area (Å²) in [4.78, 5) is 15.8. The van der Waals surface area contributed by atoms with Crippen LogP contribution in [0.25, 0.3) is 0 Å². The van der Waals surface area contributed by atoms with Crippen LogP contribution in [0.1, 0.15) is 5.69 Å². The zero-order chi connectivity index (χ0) is 13.7. The number of halogens is 1. The highest BCUT2D eigenvalue weighted by Gasteiger charge is 2.00. The van der Waals surface area contributed by atoms with Crippen LogP contribution in [0, 0.1) is 0 Å². The number of allylic oxidation sites excluding steroid dienone is 1. The molecule has 5 heteroatoms.